The summed E-state index contributed by atoms with van der Waals surface area (Å²) in [6.45, 7) is 6.79. The van der Waals surface area contributed by atoms with Crippen LogP contribution in [0.5, 0.6) is 0 Å². The molecule has 1 aromatic carbocycles. The van der Waals surface area contributed by atoms with Gasteiger partial charge in [0.15, 0.2) is 0 Å². The summed E-state index contributed by atoms with van der Waals surface area (Å²) in [5.41, 5.74) is 2.18. The maximum absolute atomic E-state index is 13.2. The molecule has 1 aromatic rings. The summed E-state index contributed by atoms with van der Waals surface area (Å²) in [5, 5.41) is 3.43. The van der Waals surface area contributed by atoms with Gasteiger partial charge in [-0.05, 0) is 55.8 Å². The highest BCUT2D eigenvalue weighted by Gasteiger charge is 2.45. The SMILES string of the molecule is CC(C)c1ccc(N2CCC(C(=O)N3C4CCNCC3CC4)C2=O)cc1. The fourth-order valence-electron chi connectivity index (χ4n) is 4.73. The van der Waals surface area contributed by atoms with Crippen LogP contribution in [0.2, 0.25) is 0 Å². The Labute approximate surface area is 155 Å². The molecule has 0 radical (unpaired) electrons. The largest absolute Gasteiger partial charge is 0.335 e. The monoisotopic (exact) mass is 355 g/mol. The zero-order valence-electron chi connectivity index (χ0n) is 15.8. The van der Waals surface area contributed by atoms with Crippen LogP contribution in [0.4, 0.5) is 5.69 Å². The van der Waals surface area contributed by atoms with Crippen molar-refractivity contribution in [2.45, 2.75) is 57.5 Å². The second-order valence-corrected chi connectivity index (χ2v) is 8.20. The first-order valence-corrected chi connectivity index (χ1v) is 10.0. The average Bonchev–Trinajstić information content (AvgIpc) is 3.13. The predicted octanol–water partition coefficient (Wildman–Crippen LogP) is 2.52. The highest BCUT2D eigenvalue weighted by atomic mass is 16.2. The minimum absolute atomic E-state index is 0.0242. The molecule has 5 nitrogen and oxygen atoms in total. The van der Waals surface area contributed by atoms with Crippen molar-refractivity contribution in [2.24, 2.45) is 5.92 Å². The Morgan fingerprint density at radius 3 is 2.54 bits per heavy atom. The minimum Gasteiger partial charge on any atom is -0.335 e. The summed E-state index contributed by atoms with van der Waals surface area (Å²) in [4.78, 5) is 30.0. The maximum atomic E-state index is 13.2. The van der Waals surface area contributed by atoms with Gasteiger partial charge in [0.05, 0.1) is 0 Å². The first kappa shape index (κ1) is 17.5. The summed E-state index contributed by atoms with van der Waals surface area (Å²) in [7, 11) is 0. The molecule has 3 heterocycles. The van der Waals surface area contributed by atoms with E-state index in [2.05, 4.69) is 31.3 Å². The molecule has 3 aliphatic rings. The lowest BCUT2D eigenvalue weighted by molar-refractivity contribution is -0.142. The maximum Gasteiger partial charge on any atom is 0.239 e. The Hall–Kier alpha value is -1.88. The number of anilines is 1. The number of fused-ring (bicyclic) bond motifs is 2. The van der Waals surface area contributed by atoms with E-state index in [9.17, 15) is 9.59 Å². The molecule has 4 rings (SSSR count). The first-order valence-electron chi connectivity index (χ1n) is 10.0. The molecule has 0 spiro atoms. The number of carbonyl (C=O) groups excluding carboxylic acids is 2. The van der Waals surface area contributed by atoms with Gasteiger partial charge in [-0.25, -0.2) is 0 Å². The van der Waals surface area contributed by atoms with Crippen molar-refractivity contribution in [1.29, 1.82) is 0 Å². The van der Waals surface area contributed by atoms with E-state index in [-0.39, 0.29) is 17.9 Å². The number of rotatable bonds is 3. The summed E-state index contributed by atoms with van der Waals surface area (Å²) in [6, 6.07) is 8.78. The number of hydrogen-bond donors (Lipinski definition) is 1. The van der Waals surface area contributed by atoms with Crippen LogP contribution in [0, 0.1) is 5.92 Å². The molecule has 1 N–H and O–H groups in total. The molecule has 3 unspecified atom stereocenters. The topological polar surface area (TPSA) is 52.7 Å². The second-order valence-electron chi connectivity index (χ2n) is 8.20. The molecule has 0 aliphatic carbocycles. The van der Waals surface area contributed by atoms with Crippen LogP contribution in [0.25, 0.3) is 0 Å². The van der Waals surface area contributed by atoms with E-state index in [1.807, 2.05) is 17.0 Å². The fourth-order valence-corrected chi connectivity index (χ4v) is 4.73. The molecular formula is C21H29N3O2. The summed E-state index contributed by atoms with van der Waals surface area (Å²) in [6.07, 6.45) is 3.78. The zero-order valence-corrected chi connectivity index (χ0v) is 15.8. The van der Waals surface area contributed by atoms with Gasteiger partial charge >= 0.3 is 0 Å². The molecule has 2 amide bonds. The molecular weight excluding hydrogens is 326 g/mol. The van der Waals surface area contributed by atoms with E-state index in [0.717, 1.165) is 38.0 Å². The fraction of sp³-hybridized carbons (Fsp3) is 0.619. The van der Waals surface area contributed by atoms with Gasteiger partial charge in [0.1, 0.15) is 5.92 Å². The third-order valence-corrected chi connectivity index (χ3v) is 6.28. The number of hydrogen-bond acceptors (Lipinski definition) is 3. The molecule has 3 fully saturated rings. The molecule has 26 heavy (non-hydrogen) atoms. The normalized spacial score (nSPS) is 28.7. The molecule has 140 valence electrons. The number of benzene rings is 1. The van der Waals surface area contributed by atoms with Gasteiger partial charge in [0.2, 0.25) is 11.8 Å². The molecule has 3 atom stereocenters. The standard InChI is InChI=1S/C21H29N3O2/c1-14(2)15-3-5-16(6-4-15)23-12-10-19(20(23)25)21(26)24-17-7-8-18(24)13-22-11-9-17/h3-6,14,17-19,22H,7-13H2,1-2H3. The summed E-state index contributed by atoms with van der Waals surface area (Å²) < 4.78 is 0. The van der Waals surface area contributed by atoms with E-state index in [0.29, 0.717) is 24.9 Å². The highest BCUT2D eigenvalue weighted by molar-refractivity contribution is 6.09. The van der Waals surface area contributed by atoms with Gasteiger partial charge < -0.3 is 15.1 Å². The van der Waals surface area contributed by atoms with Gasteiger partial charge in [-0.1, -0.05) is 26.0 Å². The first-order chi connectivity index (χ1) is 12.6. The molecule has 3 aliphatic heterocycles. The van der Waals surface area contributed by atoms with E-state index in [1.165, 1.54) is 5.56 Å². The van der Waals surface area contributed by atoms with Gasteiger partial charge in [-0.15, -0.1) is 0 Å². The van der Waals surface area contributed by atoms with Crippen molar-refractivity contribution in [2.75, 3.05) is 24.5 Å². The van der Waals surface area contributed by atoms with Crippen LogP contribution in [-0.2, 0) is 9.59 Å². The third kappa shape index (κ3) is 3.02. The Bertz CT molecular complexity index is 671. The van der Waals surface area contributed by atoms with Gasteiger partial charge in [-0.3, -0.25) is 9.59 Å². The molecule has 5 heteroatoms. The van der Waals surface area contributed by atoms with E-state index in [4.69, 9.17) is 0 Å². The lowest BCUT2D eigenvalue weighted by Crippen LogP contribution is -2.47. The minimum atomic E-state index is -0.499. The predicted molar refractivity (Wildman–Crippen MR) is 102 cm³/mol. The van der Waals surface area contributed by atoms with Gasteiger partial charge in [-0.2, -0.15) is 0 Å². The lowest BCUT2D eigenvalue weighted by atomic mass is 10.0. The highest BCUT2D eigenvalue weighted by Crippen LogP contribution is 2.33. The smallest absolute Gasteiger partial charge is 0.239 e. The van der Waals surface area contributed by atoms with Crippen LogP contribution in [0.15, 0.2) is 24.3 Å². The van der Waals surface area contributed by atoms with Crippen LogP contribution in [-0.4, -0.2) is 48.4 Å². The molecule has 2 bridgehead atoms. The van der Waals surface area contributed by atoms with Crippen molar-refractivity contribution in [3.8, 4) is 0 Å². The summed E-state index contributed by atoms with van der Waals surface area (Å²) in [5.74, 6) is 0.0113. The average molecular weight is 355 g/mol. The molecule has 0 aromatic heterocycles. The number of amides is 2. The summed E-state index contributed by atoms with van der Waals surface area (Å²) >= 11 is 0. The van der Waals surface area contributed by atoms with Crippen LogP contribution in [0.3, 0.4) is 0 Å². The Morgan fingerprint density at radius 2 is 1.81 bits per heavy atom. The van der Waals surface area contributed by atoms with Crippen LogP contribution in [0.1, 0.15) is 51.0 Å². The Kier molecular flexibility index (Phi) is 4.74. The third-order valence-electron chi connectivity index (χ3n) is 6.28. The lowest BCUT2D eigenvalue weighted by Gasteiger charge is -2.30. The van der Waals surface area contributed by atoms with Crippen molar-refractivity contribution in [1.82, 2.24) is 10.2 Å². The second kappa shape index (κ2) is 7.03. The Balaban J connectivity index is 1.49. The number of nitrogens with one attached hydrogen (secondary N) is 1. The zero-order chi connectivity index (χ0) is 18.3. The van der Waals surface area contributed by atoms with Crippen molar-refractivity contribution >= 4 is 17.5 Å². The Morgan fingerprint density at radius 1 is 1.08 bits per heavy atom. The van der Waals surface area contributed by atoms with Crippen molar-refractivity contribution < 1.29 is 9.59 Å². The van der Waals surface area contributed by atoms with Crippen molar-refractivity contribution in [3.05, 3.63) is 29.8 Å². The van der Waals surface area contributed by atoms with Crippen LogP contribution >= 0.6 is 0 Å². The van der Waals surface area contributed by atoms with Crippen molar-refractivity contribution in [3.63, 3.8) is 0 Å². The number of nitrogens with zero attached hydrogens (tertiary/aromatic N) is 2. The van der Waals surface area contributed by atoms with Crippen LogP contribution < -0.4 is 10.2 Å². The van der Waals surface area contributed by atoms with E-state index in [1.54, 1.807) is 4.90 Å². The van der Waals surface area contributed by atoms with Gasteiger partial charge in [0.25, 0.3) is 0 Å². The van der Waals surface area contributed by atoms with E-state index >= 15 is 0 Å². The quantitative estimate of drug-likeness (QED) is 0.848. The molecule has 3 saturated heterocycles. The van der Waals surface area contributed by atoms with E-state index < -0.39 is 5.92 Å². The van der Waals surface area contributed by atoms with Gasteiger partial charge in [0, 0.05) is 30.9 Å². The molecule has 0 saturated carbocycles. The number of carbonyl (C=O) groups is 2.